The van der Waals surface area contributed by atoms with Gasteiger partial charge in [-0.3, -0.25) is 4.79 Å². The van der Waals surface area contributed by atoms with Crippen LogP contribution in [0.4, 0.5) is 22.0 Å². The minimum absolute atomic E-state index is 0.0879. The summed E-state index contributed by atoms with van der Waals surface area (Å²) in [5, 5.41) is 10.1. The van der Waals surface area contributed by atoms with Crippen LogP contribution in [0.25, 0.3) is 0 Å². The topological polar surface area (TPSA) is 49.3 Å². The van der Waals surface area contributed by atoms with Crippen LogP contribution in [-0.2, 0) is 4.79 Å². The average Bonchev–Trinajstić information content (AvgIpc) is 2.21. The highest BCUT2D eigenvalue weighted by Crippen LogP contribution is 2.35. The molecule has 0 aromatic heterocycles. The summed E-state index contributed by atoms with van der Waals surface area (Å²) >= 11 is 0. The summed E-state index contributed by atoms with van der Waals surface area (Å²) in [5.74, 6) is -7.80. The highest BCUT2D eigenvalue weighted by atomic mass is 19.4. The molecule has 8 heteroatoms. The van der Waals surface area contributed by atoms with E-state index in [0.717, 1.165) is 0 Å². The van der Waals surface area contributed by atoms with E-state index in [1.165, 1.54) is 5.32 Å². The van der Waals surface area contributed by atoms with Gasteiger partial charge < -0.3 is 10.4 Å². The van der Waals surface area contributed by atoms with Gasteiger partial charge in [0.2, 0.25) is 0 Å². The Balaban J connectivity index is 4.03. The number of carbonyl (C=O) groups is 1. The zero-order chi connectivity index (χ0) is 13.7. The fourth-order valence-corrected chi connectivity index (χ4v) is 0.983. The van der Waals surface area contributed by atoms with Crippen molar-refractivity contribution in [3.05, 3.63) is 0 Å². The maximum absolute atomic E-state index is 12.4. The summed E-state index contributed by atoms with van der Waals surface area (Å²) in [5.41, 5.74) is 0. The van der Waals surface area contributed by atoms with Gasteiger partial charge in [0, 0.05) is 13.2 Å². The van der Waals surface area contributed by atoms with E-state index >= 15 is 0 Å². The lowest BCUT2D eigenvalue weighted by Crippen LogP contribution is -2.50. The summed E-state index contributed by atoms with van der Waals surface area (Å²) in [7, 11) is 0. The molecule has 1 atom stereocenters. The molecule has 0 fully saturated rings. The van der Waals surface area contributed by atoms with E-state index < -0.39 is 18.0 Å². The maximum Gasteiger partial charge on any atom is 0.463 e. The predicted octanol–water partition coefficient (Wildman–Crippen LogP) is 1.71. The van der Waals surface area contributed by atoms with E-state index in [1.807, 2.05) is 0 Å². The lowest BCUT2D eigenvalue weighted by Gasteiger charge is -2.18. The van der Waals surface area contributed by atoms with Crippen molar-refractivity contribution in [1.82, 2.24) is 5.32 Å². The zero-order valence-electron chi connectivity index (χ0n) is 9.15. The van der Waals surface area contributed by atoms with Crippen molar-refractivity contribution in [2.45, 2.75) is 31.9 Å². The standard InChI is InChI=1S/C9H14F5NO2/c1-6(5-16)3-2-4-15-7(17)8(10,11)9(12,13)14/h6,16H,2-5H2,1H3,(H,15,17). The second kappa shape index (κ2) is 6.13. The third-order valence-corrected chi connectivity index (χ3v) is 2.11. The molecule has 3 nitrogen and oxygen atoms in total. The monoisotopic (exact) mass is 263 g/mol. The second-order valence-electron chi connectivity index (χ2n) is 3.76. The van der Waals surface area contributed by atoms with Gasteiger partial charge >= 0.3 is 12.1 Å². The molecule has 0 aromatic rings. The Morgan fingerprint density at radius 1 is 1.29 bits per heavy atom. The summed E-state index contributed by atoms with van der Waals surface area (Å²) in [6.45, 7) is 1.30. The van der Waals surface area contributed by atoms with Crippen molar-refractivity contribution < 1.29 is 31.9 Å². The molecule has 0 saturated heterocycles. The Labute approximate surface area is 95.0 Å². The highest BCUT2D eigenvalue weighted by molar-refractivity contribution is 5.84. The Morgan fingerprint density at radius 2 is 1.82 bits per heavy atom. The zero-order valence-corrected chi connectivity index (χ0v) is 9.15. The molecule has 0 aliphatic rings. The number of rotatable bonds is 6. The van der Waals surface area contributed by atoms with Crippen LogP contribution in [0, 0.1) is 5.92 Å². The first-order chi connectivity index (χ1) is 7.63. The lowest BCUT2D eigenvalue weighted by atomic mass is 10.1. The van der Waals surface area contributed by atoms with Crippen LogP contribution >= 0.6 is 0 Å². The van der Waals surface area contributed by atoms with E-state index in [0.29, 0.717) is 6.42 Å². The number of hydrogen-bond acceptors (Lipinski definition) is 2. The van der Waals surface area contributed by atoms with Crippen LogP contribution < -0.4 is 5.32 Å². The first-order valence-electron chi connectivity index (χ1n) is 4.96. The van der Waals surface area contributed by atoms with Crippen molar-refractivity contribution in [2.75, 3.05) is 13.2 Å². The van der Waals surface area contributed by atoms with E-state index in [4.69, 9.17) is 5.11 Å². The first kappa shape index (κ1) is 16.1. The Morgan fingerprint density at radius 3 is 2.24 bits per heavy atom. The van der Waals surface area contributed by atoms with Crippen LogP contribution in [0.2, 0.25) is 0 Å². The van der Waals surface area contributed by atoms with E-state index in [-0.39, 0.29) is 25.5 Å². The van der Waals surface area contributed by atoms with Crippen LogP contribution in [-0.4, -0.2) is 36.3 Å². The molecule has 0 spiro atoms. The van der Waals surface area contributed by atoms with Crippen LogP contribution in [0.3, 0.4) is 0 Å². The fourth-order valence-electron chi connectivity index (χ4n) is 0.983. The quantitative estimate of drug-likeness (QED) is 0.566. The maximum atomic E-state index is 12.4. The van der Waals surface area contributed by atoms with Gasteiger partial charge in [-0.25, -0.2) is 0 Å². The molecular weight excluding hydrogens is 249 g/mol. The smallest absolute Gasteiger partial charge is 0.396 e. The normalized spacial score (nSPS) is 14.5. The molecule has 0 aliphatic carbocycles. The number of carbonyl (C=O) groups excluding carboxylic acids is 1. The molecule has 0 saturated carbocycles. The van der Waals surface area contributed by atoms with Gasteiger partial charge in [0.05, 0.1) is 0 Å². The molecule has 0 rings (SSSR count). The number of alkyl halides is 5. The molecule has 2 N–H and O–H groups in total. The third-order valence-electron chi connectivity index (χ3n) is 2.11. The molecular formula is C9H14F5NO2. The van der Waals surface area contributed by atoms with Crippen molar-refractivity contribution in [3.8, 4) is 0 Å². The highest BCUT2D eigenvalue weighted by Gasteiger charge is 2.63. The second-order valence-corrected chi connectivity index (χ2v) is 3.76. The first-order valence-corrected chi connectivity index (χ1v) is 4.96. The molecule has 0 heterocycles. The molecule has 0 radical (unpaired) electrons. The summed E-state index contributed by atoms with van der Waals surface area (Å²) in [6.07, 6.45) is -5.23. The van der Waals surface area contributed by atoms with Crippen molar-refractivity contribution in [1.29, 1.82) is 0 Å². The van der Waals surface area contributed by atoms with Gasteiger partial charge in [-0.2, -0.15) is 22.0 Å². The van der Waals surface area contributed by atoms with E-state index in [1.54, 1.807) is 6.92 Å². The number of halogens is 5. The average molecular weight is 263 g/mol. The Hall–Kier alpha value is -0.920. The van der Waals surface area contributed by atoms with Crippen molar-refractivity contribution >= 4 is 5.91 Å². The Bertz CT molecular complexity index is 254. The summed E-state index contributed by atoms with van der Waals surface area (Å²) < 4.78 is 60.0. The molecule has 1 unspecified atom stereocenters. The summed E-state index contributed by atoms with van der Waals surface area (Å²) in [4.78, 5) is 10.6. The Kier molecular flexibility index (Phi) is 5.80. The molecule has 0 bridgehead atoms. The number of aliphatic hydroxyl groups is 1. The third kappa shape index (κ3) is 4.84. The molecule has 102 valence electrons. The van der Waals surface area contributed by atoms with Crippen LogP contribution in [0.1, 0.15) is 19.8 Å². The van der Waals surface area contributed by atoms with Crippen LogP contribution in [0.15, 0.2) is 0 Å². The van der Waals surface area contributed by atoms with Gasteiger partial charge in [0.25, 0.3) is 5.91 Å². The van der Waals surface area contributed by atoms with Gasteiger partial charge in [-0.05, 0) is 18.8 Å². The minimum atomic E-state index is -5.88. The van der Waals surface area contributed by atoms with Crippen LogP contribution in [0.5, 0.6) is 0 Å². The van der Waals surface area contributed by atoms with E-state index in [2.05, 4.69) is 0 Å². The molecule has 1 amide bonds. The molecule has 0 aliphatic heterocycles. The molecule has 17 heavy (non-hydrogen) atoms. The molecule has 0 aromatic carbocycles. The minimum Gasteiger partial charge on any atom is -0.396 e. The predicted molar refractivity (Wildman–Crippen MR) is 49.5 cm³/mol. The summed E-state index contributed by atoms with van der Waals surface area (Å²) in [6, 6.07) is 0. The van der Waals surface area contributed by atoms with Gasteiger partial charge in [-0.15, -0.1) is 0 Å². The van der Waals surface area contributed by atoms with Crippen molar-refractivity contribution in [2.24, 2.45) is 5.92 Å². The fraction of sp³-hybridized carbons (Fsp3) is 0.889. The van der Waals surface area contributed by atoms with Gasteiger partial charge in [-0.1, -0.05) is 6.92 Å². The van der Waals surface area contributed by atoms with Crippen molar-refractivity contribution in [3.63, 3.8) is 0 Å². The number of amides is 1. The SMILES string of the molecule is CC(CO)CCCNC(=O)C(F)(F)C(F)(F)F. The number of nitrogens with one attached hydrogen (secondary N) is 1. The van der Waals surface area contributed by atoms with E-state index in [9.17, 15) is 26.7 Å². The number of hydrogen-bond donors (Lipinski definition) is 2. The lowest BCUT2D eigenvalue weighted by molar-refractivity contribution is -0.269. The van der Waals surface area contributed by atoms with Gasteiger partial charge in [0.1, 0.15) is 0 Å². The largest absolute Gasteiger partial charge is 0.463 e. The number of aliphatic hydroxyl groups excluding tert-OH is 1. The van der Waals surface area contributed by atoms with Gasteiger partial charge in [0.15, 0.2) is 0 Å².